The highest BCUT2D eigenvalue weighted by Gasteiger charge is 2.14. The number of hydrogen-bond donors (Lipinski definition) is 0. The van der Waals surface area contributed by atoms with E-state index in [9.17, 15) is 9.18 Å². The van der Waals surface area contributed by atoms with Crippen molar-refractivity contribution in [3.05, 3.63) is 65.0 Å². The maximum absolute atomic E-state index is 13.6. The molecule has 0 saturated heterocycles. The fourth-order valence-electron chi connectivity index (χ4n) is 2.86. The van der Waals surface area contributed by atoms with Crippen molar-refractivity contribution in [2.45, 2.75) is 25.8 Å². The van der Waals surface area contributed by atoms with Crippen LogP contribution < -0.4 is 4.74 Å². The molecular formula is C19H20FNO2. The predicted molar refractivity (Wildman–Crippen MR) is 86.8 cm³/mol. The Morgan fingerprint density at radius 1 is 1.17 bits per heavy atom. The number of fused-ring (bicyclic) bond motifs is 1. The zero-order valence-corrected chi connectivity index (χ0v) is 13.2. The summed E-state index contributed by atoms with van der Waals surface area (Å²) < 4.78 is 19.2. The molecule has 0 fully saturated rings. The van der Waals surface area contributed by atoms with Crippen LogP contribution in [0.1, 0.15) is 23.1 Å². The molecule has 4 heteroatoms. The van der Waals surface area contributed by atoms with E-state index < -0.39 is 0 Å². The molecule has 3 nitrogen and oxygen atoms in total. The second kappa shape index (κ2) is 6.82. The number of nitrogens with zero attached hydrogens (tertiary/aromatic N) is 1. The molecule has 0 aromatic heterocycles. The van der Waals surface area contributed by atoms with E-state index in [-0.39, 0.29) is 24.9 Å². The minimum Gasteiger partial charge on any atom is -0.484 e. The highest BCUT2D eigenvalue weighted by Crippen LogP contribution is 2.26. The normalized spacial score (nSPS) is 12.8. The van der Waals surface area contributed by atoms with Crippen molar-refractivity contribution >= 4 is 5.91 Å². The molecule has 1 aliphatic rings. The summed E-state index contributed by atoms with van der Waals surface area (Å²) in [5.41, 5.74) is 3.19. The SMILES string of the molecule is CN(Cc1ccccc1F)C(=O)COc1ccc2c(c1)CCC2. The van der Waals surface area contributed by atoms with E-state index in [0.29, 0.717) is 5.56 Å². The monoisotopic (exact) mass is 313 g/mol. The van der Waals surface area contributed by atoms with Gasteiger partial charge in [-0.15, -0.1) is 0 Å². The third kappa shape index (κ3) is 3.70. The van der Waals surface area contributed by atoms with Crippen LogP contribution in [-0.4, -0.2) is 24.5 Å². The molecule has 2 aromatic rings. The van der Waals surface area contributed by atoms with Crippen LogP contribution in [0.4, 0.5) is 4.39 Å². The van der Waals surface area contributed by atoms with Gasteiger partial charge in [0.05, 0.1) is 0 Å². The Morgan fingerprint density at radius 2 is 1.96 bits per heavy atom. The molecule has 0 aliphatic heterocycles. The van der Waals surface area contributed by atoms with Crippen molar-refractivity contribution in [3.63, 3.8) is 0 Å². The molecule has 0 saturated carbocycles. The number of rotatable bonds is 5. The Morgan fingerprint density at radius 3 is 2.78 bits per heavy atom. The molecule has 0 atom stereocenters. The summed E-state index contributed by atoms with van der Waals surface area (Å²) in [5, 5.41) is 0. The van der Waals surface area contributed by atoms with Gasteiger partial charge in [0, 0.05) is 19.2 Å². The Labute approximate surface area is 135 Å². The first-order chi connectivity index (χ1) is 11.1. The predicted octanol–water partition coefficient (Wildman–Crippen LogP) is 3.35. The largest absolute Gasteiger partial charge is 0.484 e. The molecular weight excluding hydrogens is 293 g/mol. The smallest absolute Gasteiger partial charge is 0.260 e. The van der Waals surface area contributed by atoms with Crippen LogP contribution in [0.5, 0.6) is 5.75 Å². The lowest BCUT2D eigenvalue weighted by Crippen LogP contribution is -2.31. The topological polar surface area (TPSA) is 29.5 Å². The van der Waals surface area contributed by atoms with E-state index in [4.69, 9.17) is 4.74 Å². The van der Waals surface area contributed by atoms with Crippen LogP contribution in [-0.2, 0) is 24.2 Å². The molecule has 2 aromatic carbocycles. The summed E-state index contributed by atoms with van der Waals surface area (Å²) in [7, 11) is 1.65. The van der Waals surface area contributed by atoms with Crippen LogP contribution in [0.15, 0.2) is 42.5 Å². The number of ether oxygens (including phenoxy) is 1. The van der Waals surface area contributed by atoms with Crippen LogP contribution in [0.3, 0.4) is 0 Å². The first-order valence-corrected chi connectivity index (χ1v) is 7.85. The first kappa shape index (κ1) is 15.5. The zero-order valence-electron chi connectivity index (χ0n) is 13.2. The molecule has 1 amide bonds. The van der Waals surface area contributed by atoms with Crippen molar-refractivity contribution in [3.8, 4) is 5.75 Å². The summed E-state index contributed by atoms with van der Waals surface area (Å²) in [5.74, 6) is 0.249. The molecule has 0 radical (unpaired) electrons. The van der Waals surface area contributed by atoms with Gasteiger partial charge in [0.15, 0.2) is 6.61 Å². The van der Waals surface area contributed by atoms with Crippen LogP contribution >= 0.6 is 0 Å². The number of aryl methyl sites for hydroxylation is 2. The van der Waals surface area contributed by atoms with Crippen molar-refractivity contribution in [1.82, 2.24) is 4.90 Å². The van der Waals surface area contributed by atoms with E-state index in [1.165, 1.54) is 28.5 Å². The standard InChI is InChI=1S/C19H20FNO2/c1-21(12-16-5-2-3-8-18(16)20)19(22)13-23-17-10-9-14-6-4-7-15(14)11-17/h2-3,5,8-11H,4,6-7,12-13H2,1H3. The maximum atomic E-state index is 13.6. The second-order valence-electron chi connectivity index (χ2n) is 5.91. The second-order valence-corrected chi connectivity index (χ2v) is 5.91. The van der Waals surface area contributed by atoms with Crippen molar-refractivity contribution in [2.24, 2.45) is 0 Å². The average molecular weight is 313 g/mol. The van der Waals surface area contributed by atoms with Gasteiger partial charge in [-0.25, -0.2) is 4.39 Å². The summed E-state index contributed by atoms with van der Waals surface area (Å²) >= 11 is 0. The summed E-state index contributed by atoms with van der Waals surface area (Å²) in [6, 6.07) is 12.5. The van der Waals surface area contributed by atoms with Crippen molar-refractivity contribution in [2.75, 3.05) is 13.7 Å². The highest BCUT2D eigenvalue weighted by molar-refractivity contribution is 5.77. The molecule has 3 rings (SSSR count). The fourth-order valence-corrected chi connectivity index (χ4v) is 2.86. The number of carbonyl (C=O) groups excluding carboxylic acids is 1. The lowest BCUT2D eigenvalue weighted by atomic mass is 10.1. The zero-order chi connectivity index (χ0) is 16.2. The maximum Gasteiger partial charge on any atom is 0.260 e. The molecule has 0 unspecified atom stereocenters. The first-order valence-electron chi connectivity index (χ1n) is 7.85. The van der Waals surface area contributed by atoms with Crippen molar-refractivity contribution in [1.29, 1.82) is 0 Å². The van der Waals surface area contributed by atoms with E-state index >= 15 is 0 Å². The van der Waals surface area contributed by atoms with Gasteiger partial charge in [-0.3, -0.25) is 4.79 Å². The number of amides is 1. The van der Waals surface area contributed by atoms with Gasteiger partial charge in [0.2, 0.25) is 0 Å². The number of benzene rings is 2. The van der Waals surface area contributed by atoms with Crippen molar-refractivity contribution < 1.29 is 13.9 Å². The lowest BCUT2D eigenvalue weighted by Gasteiger charge is -2.18. The minimum atomic E-state index is -0.299. The van der Waals surface area contributed by atoms with Gasteiger partial charge < -0.3 is 9.64 Å². The Kier molecular flexibility index (Phi) is 4.60. The Balaban J connectivity index is 1.55. The van der Waals surface area contributed by atoms with Crippen LogP contribution in [0.2, 0.25) is 0 Å². The molecule has 1 aliphatic carbocycles. The fraction of sp³-hybridized carbons (Fsp3) is 0.316. The summed E-state index contributed by atoms with van der Waals surface area (Å²) in [4.78, 5) is 13.6. The summed E-state index contributed by atoms with van der Waals surface area (Å²) in [6.07, 6.45) is 3.39. The van der Waals surface area contributed by atoms with E-state index in [1.54, 1.807) is 25.2 Å². The van der Waals surface area contributed by atoms with Gasteiger partial charge >= 0.3 is 0 Å². The van der Waals surface area contributed by atoms with Gasteiger partial charge in [-0.1, -0.05) is 24.3 Å². The number of carbonyl (C=O) groups is 1. The Bertz CT molecular complexity index is 714. The molecule has 23 heavy (non-hydrogen) atoms. The highest BCUT2D eigenvalue weighted by atomic mass is 19.1. The molecule has 0 heterocycles. The molecule has 120 valence electrons. The number of halogens is 1. The van der Waals surface area contributed by atoms with E-state index in [2.05, 4.69) is 6.07 Å². The molecule has 0 N–H and O–H groups in total. The molecule has 0 spiro atoms. The quantitative estimate of drug-likeness (QED) is 0.847. The van der Waals surface area contributed by atoms with Gasteiger partial charge in [-0.05, 0) is 48.6 Å². The minimum absolute atomic E-state index is 0.0380. The lowest BCUT2D eigenvalue weighted by molar-refractivity contribution is -0.132. The van der Waals surface area contributed by atoms with Crippen LogP contribution in [0.25, 0.3) is 0 Å². The van der Waals surface area contributed by atoms with Crippen LogP contribution in [0, 0.1) is 5.82 Å². The van der Waals surface area contributed by atoms with Gasteiger partial charge in [0.25, 0.3) is 5.91 Å². The average Bonchev–Trinajstić information content (AvgIpc) is 3.02. The third-order valence-corrected chi connectivity index (χ3v) is 4.22. The number of hydrogen-bond acceptors (Lipinski definition) is 2. The number of likely N-dealkylation sites (N-methyl/N-ethyl adjacent to an activating group) is 1. The van der Waals surface area contributed by atoms with E-state index in [0.717, 1.165) is 18.6 Å². The summed E-state index contributed by atoms with van der Waals surface area (Å²) in [6.45, 7) is 0.197. The Hall–Kier alpha value is -2.36. The third-order valence-electron chi connectivity index (χ3n) is 4.22. The molecule has 0 bridgehead atoms. The van der Waals surface area contributed by atoms with E-state index in [1.807, 2.05) is 12.1 Å². The van der Waals surface area contributed by atoms with Gasteiger partial charge in [-0.2, -0.15) is 0 Å². The van der Waals surface area contributed by atoms with Gasteiger partial charge in [0.1, 0.15) is 11.6 Å².